The lowest BCUT2D eigenvalue weighted by atomic mass is 9.87. The molecule has 36 heavy (non-hydrogen) atoms. The van der Waals surface area contributed by atoms with Gasteiger partial charge in [0.15, 0.2) is 0 Å². The maximum Gasteiger partial charge on any atom is 0.280 e. The summed E-state index contributed by atoms with van der Waals surface area (Å²) in [5.74, 6) is -0.352. The number of hydrogen-bond acceptors (Lipinski definition) is 6. The number of carbonyl (C=O) groups excluding carboxylic acids is 1. The molecule has 2 heterocycles. The second-order valence-corrected chi connectivity index (χ2v) is 11.2. The number of fused-ring (bicyclic) bond motifs is 2. The highest BCUT2D eigenvalue weighted by molar-refractivity contribution is 9.10. The SMILES string of the molecule is CC(C)(C)c1ccc(C(=O)N(/N=C/c2coc3ccccc3c2=O)c2nc3ccc(Br)cc3s2)cc1. The molecule has 3 aromatic carbocycles. The molecular weight excluding hydrogens is 538 g/mol. The Balaban J connectivity index is 1.58. The molecule has 0 aliphatic carbocycles. The molecule has 0 spiro atoms. The highest BCUT2D eigenvalue weighted by Crippen LogP contribution is 2.32. The van der Waals surface area contributed by atoms with Crippen LogP contribution in [0.1, 0.15) is 42.3 Å². The monoisotopic (exact) mass is 559 g/mol. The van der Waals surface area contributed by atoms with E-state index in [1.54, 1.807) is 36.4 Å². The first-order valence-electron chi connectivity index (χ1n) is 11.3. The summed E-state index contributed by atoms with van der Waals surface area (Å²) in [6, 6.07) is 20.2. The molecule has 0 saturated carbocycles. The van der Waals surface area contributed by atoms with Gasteiger partial charge in [-0.2, -0.15) is 10.1 Å². The zero-order chi connectivity index (χ0) is 25.4. The number of benzene rings is 3. The van der Waals surface area contributed by atoms with Crippen molar-refractivity contribution in [3.8, 4) is 0 Å². The highest BCUT2D eigenvalue weighted by Gasteiger charge is 2.22. The number of anilines is 1. The van der Waals surface area contributed by atoms with Crippen molar-refractivity contribution in [2.24, 2.45) is 5.10 Å². The van der Waals surface area contributed by atoms with Crippen molar-refractivity contribution >= 4 is 65.7 Å². The zero-order valence-electron chi connectivity index (χ0n) is 19.9. The van der Waals surface area contributed by atoms with Crippen molar-refractivity contribution in [1.82, 2.24) is 4.98 Å². The van der Waals surface area contributed by atoms with E-state index in [9.17, 15) is 9.59 Å². The largest absolute Gasteiger partial charge is 0.463 e. The van der Waals surface area contributed by atoms with Crippen LogP contribution in [0.4, 0.5) is 5.13 Å². The number of hydrazone groups is 1. The molecule has 0 saturated heterocycles. The third kappa shape index (κ3) is 4.74. The summed E-state index contributed by atoms with van der Waals surface area (Å²) in [5, 5.41) is 6.51. The summed E-state index contributed by atoms with van der Waals surface area (Å²) in [4.78, 5) is 31.2. The summed E-state index contributed by atoms with van der Waals surface area (Å²) in [6.07, 6.45) is 2.70. The lowest BCUT2D eigenvalue weighted by Gasteiger charge is -2.19. The van der Waals surface area contributed by atoms with Gasteiger partial charge in [-0.05, 0) is 53.4 Å². The standard InChI is InChI=1S/C28H22BrN3O3S/c1-28(2,3)19-10-8-17(9-11-19)26(34)32(27-31-22-13-12-20(29)14-24(22)36-27)30-15-18-16-35-23-7-5-4-6-21(23)25(18)33/h4-16H,1-3H3/b30-15+. The number of thiazole rings is 1. The van der Waals surface area contributed by atoms with E-state index in [4.69, 9.17) is 4.42 Å². The maximum atomic E-state index is 13.6. The van der Waals surface area contributed by atoms with E-state index in [0.717, 1.165) is 20.3 Å². The van der Waals surface area contributed by atoms with Gasteiger partial charge in [-0.1, -0.05) is 72.3 Å². The summed E-state index contributed by atoms with van der Waals surface area (Å²) in [7, 11) is 0. The van der Waals surface area contributed by atoms with Gasteiger partial charge >= 0.3 is 0 Å². The molecule has 6 nitrogen and oxygen atoms in total. The minimum Gasteiger partial charge on any atom is -0.463 e. The first-order chi connectivity index (χ1) is 17.2. The molecule has 8 heteroatoms. The number of hydrogen-bond donors (Lipinski definition) is 0. The number of nitrogens with zero attached hydrogens (tertiary/aromatic N) is 3. The Morgan fingerprint density at radius 2 is 1.83 bits per heavy atom. The van der Waals surface area contributed by atoms with Crippen LogP contribution in [0.5, 0.6) is 0 Å². The van der Waals surface area contributed by atoms with E-state index < -0.39 is 0 Å². The van der Waals surface area contributed by atoms with Crippen LogP contribution < -0.4 is 10.4 Å². The van der Waals surface area contributed by atoms with E-state index in [2.05, 4.69) is 46.8 Å². The van der Waals surface area contributed by atoms with Gasteiger partial charge in [0.1, 0.15) is 11.8 Å². The van der Waals surface area contributed by atoms with Crippen molar-refractivity contribution < 1.29 is 9.21 Å². The Labute approximate surface area is 220 Å². The molecule has 0 atom stereocenters. The van der Waals surface area contributed by atoms with Crippen LogP contribution >= 0.6 is 27.3 Å². The quantitative estimate of drug-likeness (QED) is 0.173. The van der Waals surface area contributed by atoms with Crippen molar-refractivity contribution in [3.05, 3.63) is 104 Å². The van der Waals surface area contributed by atoms with E-state index in [0.29, 0.717) is 21.7 Å². The van der Waals surface area contributed by atoms with Gasteiger partial charge in [0, 0.05) is 10.0 Å². The molecule has 0 unspecified atom stereocenters. The van der Waals surface area contributed by atoms with Gasteiger partial charge < -0.3 is 4.42 Å². The molecule has 1 amide bonds. The van der Waals surface area contributed by atoms with Crippen LogP contribution in [-0.4, -0.2) is 17.1 Å². The maximum absolute atomic E-state index is 13.6. The molecular formula is C28H22BrN3O3S. The van der Waals surface area contributed by atoms with Crippen LogP contribution in [0.2, 0.25) is 0 Å². The van der Waals surface area contributed by atoms with E-state index >= 15 is 0 Å². The predicted octanol–water partition coefficient (Wildman–Crippen LogP) is 7.14. The minimum atomic E-state index is -0.352. The molecule has 0 aliphatic rings. The Hall–Kier alpha value is -3.62. The lowest BCUT2D eigenvalue weighted by molar-refractivity contribution is 0.0988. The number of aromatic nitrogens is 1. The van der Waals surface area contributed by atoms with Crippen LogP contribution in [-0.2, 0) is 5.41 Å². The highest BCUT2D eigenvalue weighted by atomic mass is 79.9. The second-order valence-electron chi connectivity index (χ2n) is 9.31. The average molecular weight is 560 g/mol. The topological polar surface area (TPSA) is 75.8 Å². The summed E-state index contributed by atoms with van der Waals surface area (Å²) >= 11 is 4.82. The van der Waals surface area contributed by atoms with Crippen molar-refractivity contribution in [1.29, 1.82) is 0 Å². The normalized spacial score (nSPS) is 12.0. The number of halogens is 1. The molecule has 0 N–H and O–H groups in total. The summed E-state index contributed by atoms with van der Waals surface area (Å²) in [5.41, 5.74) is 2.79. The first kappa shape index (κ1) is 24.1. The van der Waals surface area contributed by atoms with Crippen molar-refractivity contribution in [3.63, 3.8) is 0 Å². The van der Waals surface area contributed by atoms with Crippen LogP contribution in [0.25, 0.3) is 21.2 Å². The number of carbonyl (C=O) groups is 1. The molecule has 0 fully saturated rings. The third-order valence-corrected chi connectivity index (χ3v) is 7.22. The minimum absolute atomic E-state index is 0.0378. The van der Waals surface area contributed by atoms with Crippen molar-refractivity contribution in [2.45, 2.75) is 26.2 Å². The molecule has 5 aromatic rings. The van der Waals surface area contributed by atoms with Gasteiger partial charge in [-0.3, -0.25) is 9.59 Å². The molecule has 0 aliphatic heterocycles. The van der Waals surface area contributed by atoms with E-state index in [-0.39, 0.29) is 22.3 Å². The predicted molar refractivity (Wildman–Crippen MR) is 149 cm³/mol. The first-order valence-corrected chi connectivity index (χ1v) is 12.9. The second kappa shape index (κ2) is 9.44. The lowest BCUT2D eigenvalue weighted by Crippen LogP contribution is -2.26. The molecule has 5 rings (SSSR count). The average Bonchev–Trinajstić information content (AvgIpc) is 3.27. The fourth-order valence-electron chi connectivity index (χ4n) is 3.70. The smallest absolute Gasteiger partial charge is 0.280 e. The van der Waals surface area contributed by atoms with Crippen molar-refractivity contribution in [2.75, 3.05) is 5.01 Å². The van der Waals surface area contributed by atoms with Gasteiger partial charge in [0.25, 0.3) is 5.91 Å². The molecule has 0 radical (unpaired) electrons. The fourth-order valence-corrected chi connectivity index (χ4v) is 5.18. The molecule has 0 bridgehead atoms. The van der Waals surface area contributed by atoms with Gasteiger partial charge in [-0.25, -0.2) is 4.98 Å². The van der Waals surface area contributed by atoms with E-state index in [1.165, 1.54) is 28.8 Å². The summed E-state index contributed by atoms with van der Waals surface area (Å²) in [6.45, 7) is 6.36. The number of amides is 1. The Morgan fingerprint density at radius 3 is 2.58 bits per heavy atom. The van der Waals surface area contributed by atoms with Crippen LogP contribution in [0.15, 0.2) is 91.8 Å². The summed E-state index contributed by atoms with van der Waals surface area (Å²) < 4.78 is 7.42. The number of rotatable bonds is 4. The van der Waals surface area contributed by atoms with Gasteiger partial charge in [-0.15, -0.1) is 0 Å². The molecule has 180 valence electrons. The Kier molecular flexibility index (Phi) is 6.32. The Bertz CT molecular complexity index is 1680. The fraction of sp³-hybridized carbons (Fsp3) is 0.143. The number of para-hydroxylation sites is 1. The van der Waals surface area contributed by atoms with Crippen LogP contribution in [0, 0.1) is 0 Å². The Morgan fingerprint density at radius 1 is 1.08 bits per heavy atom. The third-order valence-electron chi connectivity index (χ3n) is 5.73. The van der Waals surface area contributed by atoms with E-state index in [1.807, 2.05) is 30.3 Å². The zero-order valence-corrected chi connectivity index (χ0v) is 22.3. The van der Waals surface area contributed by atoms with Gasteiger partial charge in [0.05, 0.1) is 27.4 Å². The molecule has 2 aromatic heterocycles. The van der Waals surface area contributed by atoms with Gasteiger partial charge in [0.2, 0.25) is 10.6 Å². The van der Waals surface area contributed by atoms with Crippen LogP contribution in [0.3, 0.4) is 0 Å².